The van der Waals surface area contributed by atoms with Crippen molar-refractivity contribution < 1.29 is 9.66 Å². The van der Waals surface area contributed by atoms with Gasteiger partial charge in [-0.05, 0) is 22.0 Å². The van der Waals surface area contributed by atoms with Crippen molar-refractivity contribution in [3.05, 3.63) is 27.9 Å². The van der Waals surface area contributed by atoms with Crippen LogP contribution in [0.15, 0.2) is 12.1 Å². The fourth-order valence-electron chi connectivity index (χ4n) is 0.980. The molecule has 1 aromatic rings. The molecule has 0 aliphatic rings. The zero-order chi connectivity index (χ0) is 11.3. The molecule has 0 bridgehead atoms. The molecule has 0 fully saturated rings. The van der Waals surface area contributed by atoms with Crippen LogP contribution in [0.2, 0.25) is 0 Å². The number of hydrogen-bond acceptors (Lipinski definition) is 5. The van der Waals surface area contributed by atoms with E-state index in [4.69, 9.17) is 10.00 Å². The van der Waals surface area contributed by atoms with Gasteiger partial charge < -0.3 is 14.9 Å². The molecular formula is C9H9N3O3. The van der Waals surface area contributed by atoms with Crippen LogP contribution in [0.5, 0.6) is 5.75 Å². The summed E-state index contributed by atoms with van der Waals surface area (Å²) in [5.41, 5.74) is 0.550. The second-order valence-corrected chi connectivity index (χ2v) is 2.79. The Morgan fingerprint density at radius 3 is 3.00 bits per heavy atom. The van der Waals surface area contributed by atoms with Gasteiger partial charge in [0.2, 0.25) is 5.75 Å². The lowest BCUT2D eigenvalue weighted by atomic mass is 10.3. The summed E-state index contributed by atoms with van der Waals surface area (Å²) in [7, 11) is 0. The molecule has 0 aliphatic carbocycles. The van der Waals surface area contributed by atoms with Crippen molar-refractivity contribution in [1.82, 2.24) is 4.98 Å². The molecule has 1 aromatic heterocycles. The summed E-state index contributed by atoms with van der Waals surface area (Å²) >= 11 is 0. The lowest BCUT2D eigenvalue weighted by molar-refractivity contribution is -0.390. The maximum Gasteiger partial charge on any atom is 0.406 e. The summed E-state index contributed by atoms with van der Waals surface area (Å²) in [6.07, 6.45) is 0.186. The van der Waals surface area contributed by atoms with Crippen LogP contribution in [0.25, 0.3) is 0 Å². The summed E-state index contributed by atoms with van der Waals surface area (Å²) in [4.78, 5) is 13.7. The van der Waals surface area contributed by atoms with Crippen molar-refractivity contribution in [3.8, 4) is 11.8 Å². The van der Waals surface area contributed by atoms with Gasteiger partial charge in [0.15, 0.2) is 0 Å². The maximum absolute atomic E-state index is 10.6. The number of ether oxygens (including phenoxy) is 1. The number of nitro groups is 1. The van der Waals surface area contributed by atoms with Gasteiger partial charge >= 0.3 is 5.82 Å². The third-order valence-corrected chi connectivity index (χ3v) is 1.62. The largest absolute Gasteiger partial charge is 0.485 e. The van der Waals surface area contributed by atoms with Crippen LogP contribution in [0.1, 0.15) is 12.1 Å². The predicted molar refractivity (Wildman–Crippen MR) is 51.4 cm³/mol. The topological polar surface area (TPSA) is 89.0 Å². The van der Waals surface area contributed by atoms with Crippen molar-refractivity contribution in [2.75, 3.05) is 6.61 Å². The highest BCUT2D eigenvalue weighted by Gasteiger charge is 2.17. The minimum Gasteiger partial charge on any atom is -0.485 e. The summed E-state index contributed by atoms with van der Waals surface area (Å²) in [5.74, 6) is -0.214. The first kappa shape index (κ1) is 10.9. The molecule has 0 aromatic carbocycles. The lowest BCUT2D eigenvalue weighted by Gasteiger charge is -2.03. The summed E-state index contributed by atoms with van der Waals surface area (Å²) < 4.78 is 5.07. The quantitative estimate of drug-likeness (QED) is 0.425. The van der Waals surface area contributed by atoms with Crippen LogP contribution in [-0.2, 0) is 0 Å². The van der Waals surface area contributed by atoms with Crippen molar-refractivity contribution in [1.29, 1.82) is 5.26 Å². The average Bonchev–Trinajstić information content (AvgIpc) is 2.20. The number of hydrogen-bond donors (Lipinski definition) is 0. The molecule has 0 atom stereocenters. The Kier molecular flexibility index (Phi) is 3.57. The molecule has 15 heavy (non-hydrogen) atoms. The number of rotatable bonds is 4. The first-order valence-electron chi connectivity index (χ1n) is 4.27. The van der Waals surface area contributed by atoms with E-state index in [1.165, 1.54) is 6.07 Å². The van der Waals surface area contributed by atoms with E-state index >= 15 is 0 Å². The second-order valence-electron chi connectivity index (χ2n) is 2.79. The normalized spacial score (nSPS) is 9.33. The number of nitrogens with zero attached hydrogens (tertiary/aromatic N) is 3. The van der Waals surface area contributed by atoms with Gasteiger partial charge in [0.05, 0.1) is 12.5 Å². The Labute approximate surface area is 86.3 Å². The van der Waals surface area contributed by atoms with Gasteiger partial charge in [-0.2, -0.15) is 5.26 Å². The van der Waals surface area contributed by atoms with Crippen LogP contribution in [0.3, 0.4) is 0 Å². The predicted octanol–water partition coefficient (Wildman–Crippen LogP) is 1.59. The van der Waals surface area contributed by atoms with E-state index < -0.39 is 4.92 Å². The van der Waals surface area contributed by atoms with Crippen molar-refractivity contribution >= 4 is 5.82 Å². The molecule has 6 nitrogen and oxygen atoms in total. The van der Waals surface area contributed by atoms with Gasteiger partial charge in [0, 0.05) is 6.92 Å². The molecular weight excluding hydrogens is 198 g/mol. The van der Waals surface area contributed by atoms with E-state index in [1.54, 1.807) is 13.0 Å². The van der Waals surface area contributed by atoms with Gasteiger partial charge in [-0.3, -0.25) is 0 Å². The SMILES string of the molecule is Cc1ccc(OCCC#N)c([N+](=O)[O-])n1. The van der Waals surface area contributed by atoms with Crippen molar-refractivity contribution in [2.45, 2.75) is 13.3 Å². The highest BCUT2D eigenvalue weighted by molar-refractivity contribution is 5.40. The van der Waals surface area contributed by atoms with Gasteiger partial charge in [-0.15, -0.1) is 0 Å². The molecule has 0 amide bonds. The molecule has 1 heterocycles. The van der Waals surface area contributed by atoms with Crippen LogP contribution >= 0.6 is 0 Å². The molecule has 1 rings (SSSR count). The second kappa shape index (κ2) is 4.91. The number of aryl methyl sites for hydroxylation is 1. The van der Waals surface area contributed by atoms with E-state index in [2.05, 4.69) is 4.98 Å². The number of aromatic nitrogens is 1. The first-order valence-corrected chi connectivity index (χ1v) is 4.27. The molecule has 0 unspecified atom stereocenters. The van der Waals surface area contributed by atoms with E-state index in [-0.39, 0.29) is 24.6 Å². The van der Waals surface area contributed by atoms with Crippen molar-refractivity contribution in [2.24, 2.45) is 0 Å². The van der Waals surface area contributed by atoms with Gasteiger partial charge in [-0.25, -0.2) is 0 Å². The smallest absolute Gasteiger partial charge is 0.406 e. The fraction of sp³-hybridized carbons (Fsp3) is 0.333. The Balaban J connectivity index is 2.87. The summed E-state index contributed by atoms with van der Waals surface area (Å²) in [6.45, 7) is 1.79. The van der Waals surface area contributed by atoms with Gasteiger partial charge in [0.1, 0.15) is 12.3 Å². The number of nitriles is 1. The van der Waals surface area contributed by atoms with E-state index in [0.717, 1.165) is 0 Å². The zero-order valence-corrected chi connectivity index (χ0v) is 8.14. The Bertz CT molecular complexity index is 412. The average molecular weight is 207 g/mol. The monoisotopic (exact) mass is 207 g/mol. The van der Waals surface area contributed by atoms with Crippen LogP contribution in [0, 0.1) is 28.4 Å². The van der Waals surface area contributed by atoms with Gasteiger partial charge in [0.25, 0.3) is 0 Å². The minimum atomic E-state index is -0.602. The minimum absolute atomic E-state index is 0.0980. The Morgan fingerprint density at radius 2 is 2.40 bits per heavy atom. The molecule has 6 heteroatoms. The van der Waals surface area contributed by atoms with Gasteiger partial charge in [-0.1, -0.05) is 0 Å². The summed E-state index contributed by atoms with van der Waals surface area (Å²) in [6, 6.07) is 4.99. The van der Waals surface area contributed by atoms with E-state index in [9.17, 15) is 10.1 Å². The summed E-state index contributed by atoms with van der Waals surface area (Å²) in [5, 5.41) is 18.9. The number of pyridine rings is 1. The Hall–Kier alpha value is -2.16. The third-order valence-electron chi connectivity index (χ3n) is 1.62. The van der Waals surface area contributed by atoms with Crippen LogP contribution in [0.4, 0.5) is 5.82 Å². The highest BCUT2D eigenvalue weighted by atomic mass is 16.6. The Morgan fingerprint density at radius 1 is 1.67 bits per heavy atom. The highest BCUT2D eigenvalue weighted by Crippen LogP contribution is 2.24. The van der Waals surface area contributed by atoms with Crippen molar-refractivity contribution in [3.63, 3.8) is 0 Å². The molecule has 0 saturated heterocycles. The lowest BCUT2D eigenvalue weighted by Crippen LogP contribution is -2.02. The first-order chi connectivity index (χ1) is 7.15. The zero-order valence-electron chi connectivity index (χ0n) is 8.14. The molecule has 0 radical (unpaired) electrons. The third kappa shape index (κ3) is 2.91. The fourth-order valence-corrected chi connectivity index (χ4v) is 0.980. The molecule has 78 valence electrons. The van der Waals surface area contributed by atoms with E-state index in [1.807, 2.05) is 6.07 Å². The molecule has 0 aliphatic heterocycles. The standard InChI is InChI=1S/C9H9N3O3/c1-7-3-4-8(15-6-2-5-10)9(11-7)12(13)14/h3-4H,2,6H2,1H3. The van der Waals surface area contributed by atoms with Crippen LogP contribution < -0.4 is 4.74 Å². The molecule has 0 spiro atoms. The molecule has 0 saturated carbocycles. The van der Waals surface area contributed by atoms with E-state index in [0.29, 0.717) is 5.69 Å². The van der Waals surface area contributed by atoms with Crippen LogP contribution in [-0.4, -0.2) is 16.5 Å². The molecule has 0 N–H and O–H groups in total. The maximum atomic E-state index is 10.6.